The molecule has 17 heavy (non-hydrogen) atoms. The molecular formula is C14H24BrNS. The van der Waals surface area contributed by atoms with E-state index in [0.717, 1.165) is 6.54 Å². The Morgan fingerprint density at radius 3 is 2.71 bits per heavy atom. The van der Waals surface area contributed by atoms with Gasteiger partial charge < -0.3 is 5.32 Å². The Balaban J connectivity index is 2.05. The number of rotatable bonds is 9. The highest BCUT2D eigenvalue weighted by Gasteiger charge is 2.04. The van der Waals surface area contributed by atoms with Crippen LogP contribution in [0.15, 0.2) is 15.9 Å². The molecule has 0 spiro atoms. The lowest BCUT2D eigenvalue weighted by Crippen LogP contribution is -2.25. The van der Waals surface area contributed by atoms with Crippen molar-refractivity contribution in [2.75, 3.05) is 0 Å². The molecule has 98 valence electrons. The van der Waals surface area contributed by atoms with E-state index in [1.807, 2.05) is 11.3 Å². The third-order valence-electron chi connectivity index (χ3n) is 3.04. The minimum absolute atomic E-state index is 0.630. The molecule has 0 saturated heterocycles. The summed E-state index contributed by atoms with van der Waals surface area (Å²) in [5.41, 5.74) is 0. The number of thiophene rings is 1. The lowest BCUT2D eigenvalue weighted by molar-refractivity contribution is 0.481. The summed E-state index contributed by atoms with van der Waals surface area (Å²) in [5.74, 6) is 0. The fraction of sp³-hybridized carbons (Fsp3) is 0.714. The lowest BCUT2D eigenvalue weighted by atomic mass is 10.1. The molecule has 0 aliphatic carbocycles. The van der Waals surface area contributed by atoms with Crippen LogP contribution < -0.4 is 5.32 Å². The van der Waals surface area contributed by atoms with Gasteiger partial charge in [0.15, 0.2) is 0 Å². The van der Waals surface area contributed by atoms with Gasteiger partial charge in [0.25, 0.3) is 0 Å². The summed E-state index contributed by atoms with van der Waals surface area (Å²) in [4.78, 5) is 1.41. The molecule has 1 N–H and O–H groups in total. The largest absolute Gasteiger partial charge is 0.309 e. The van der Waals surface area contributed by atoms with E-state index in [1.54, 1.807) is 0 Å². The van der Waals surface area contributed by atoms with Gasteiger partial charge in [0, 0.05) is 21.9 Å². The van der Waals surface area contributed by atoms with Crippen LogP contribution in [0.1, 0.15) is 57.2 Å². The summed E-state index contributed by atoms with van der Waals surface area (Å²) >= 11 is 5.39. The van der Waals surface area contributed by atoms with E-state index in [9.17, 15) is 0 Å². The average Bonchev–Trinajstić information content (AvgIpc) is 2.72. The van der Waals surface area contributed by atoms with Crippen LogP contribution >= 0.6 is 27.3 Å². The van der Waals surface area contributed by atoms with Crippen LogP contribution in [0.3, 0.4) is 0 Å². The molecule has 1 aromatic heterocycles. The molecule has 1 unspecified atom stereocenters. The second-order valence-electron chi connectivity index (χ2n) is 4.68. The van der Waals surface area contributed by atoms with Crippen molar-refractivity contribution in [1.82, 2.24) is 5.32 Å². The van der Waals surface area contributed by atoms with E-state index in [-0.39, 0.29) is 0 Å². The molecule has 0 aliphatic rings. The molecule has 0 amide bonds. The van der Waals surface area contributed by atoms with Crippen molar-refractivity contribution in [3.63, 3.8) is 0 Å². The van der Waals surface area contributed by atoms with Crippen molar-refractivity contribution in [3.05, 3.63) is 20.8 Å². The molecule has 1 heterocycles. The number of nitrogens with one attached hydrogen (secondary N) is 1. The molecule has 0 bridgehead atoms. The SMILES string of the molecule is CCCCCCCC(C)NCc1sccc1Br. The van der Waals surface area contributed by atoms with Gasteiger partial charge in [-0.15, -0.1) is 11.3 Å². The summed E-state index contributed by atoms with van der Waals surface area (Å²) in [6.07, 6.45) is 8.18. The van der Waals surface area contributed by atoms with Crippen LogP contribution in [0, 0.1) is 0 Å². The van der Waals surface area contributed by atoms with Crippen LogP contribution in [0.4, 0.5) is 0 Å². The predicted molar refractivity (Wildman–Crippen MR) is 81.7 cm³/mol. The Labute approximate surface area is 118 Å². The Morgan fingerprint density at radius 2 is 2.06 bits per heavy atom. The van der Waals surface area contributed by atoms with E-state index < -0.39 is 0 Å². The second-order valence-corrected chi connectivity index (χ2v) is 6.53. The summed E-state index contributed by atoms with van der Waals surface area (Å²) < 4.78 is 1.24. The van der Waals surface area contributed by atoms with Gasteiger partial charge in [-0.3, -0.25) is 0 Å². The van der Waals surface area contributed by atoms with Crippen molar-refractivity contribution in [1.29, 1.82) is 0 Å². The number of hydrogen-bond donors (Lipinski definition) is 1. The highest BCUT2D eigenvalue weighted by Crippen LogP contribution is 2.22. The summed E-state index contributed by atoms with van der Waals surface area (Å²) in [6.45, 7) is 5.55. The number of hydrogen-bond acceptors (Lipinski definition) is 2. The fourth-order valence-electron chi connectivity index (χ4n) is 1.87. The Morgan fingerprint density at radius 1 is 1.29 bits per heavy atom. The van der Waals surface area contributed by atoms with Crippen molar-refractivity contribution in [2.45, 2.75) is 65.0 Å². The summed E-state index contributed by atoms with van der Waals surface area (Å²) in [5, 5.41) is 5.73. The van der Waals surface area contributed by atoms with Crippen LogP contribution in [-0.2, 0) is 6.54 Å². The first-order valence-corrected chi connectivity index (χ1v) is 8.36. The van der Waals surface area contributed by atoms with Gasteiger partial charge in [-0.2, -0.15) is 0 Å². The van der Waals surface area contributed by atoms with Gasteiger partial charge in [0.2, 0.25) is 0 Å². The summed E-state index contributed by atoms with van der Waals surface area (Å²) in [6, 6.07) is 2.75. The minimum atomic E-state index is 0.630. The van der Waals surface area contributed by atoms with Crippen molar-refractivity contribution in [3.8, 4) is 0 Å². The highest BCUT2D eigenvalue weighted by atomic mass is 79.9. The molecule has 3 heteroatoms. The predicted octanol–water partition coefficient (Wildman–Crippen LogP) is 5.35. The lowest BCUT2D eigenvalue weighted by Gasteiger charge is -2.13. The zero-order chi connectivity index (χ0) is 12.5. The Hall–Kier alpha value is 0.140. The Bertz CT molecular complexity index is 298. The standard InChI is InChI=1S/C14H24BrNS/c1-3-4-5-6-7-8-12(2)16-11-14-13(15)9-10-17-14/h9-10,12,16H,3-8,11H2,1-2H3. The van der Waals surface area contributed by atoms with Crippen LogP contribution in [0.25, 0.3) is 0 Å². The van der Waals surface area contributed by atoms with E-state index in [4.69, 9.17) is 0 Å². The second kappa shape index (κ2) is 9.12. The molecule has 1 atom stereocenters. The van der Waals surface area contributed by atoms with Gasteiger partial charge in [-0.25, -0.2) is 0 Å². The zero-order valence-electron chi connectivity index (χ0n) is 11.0. The first-order valence-electron chi connectivity index (χ1n) is 6.69. The monoisotopic (exact) mass is 317 g/mol. The van der Waals surface area contributed by atoms with Crippen molar-refractivity contribution >= 4 is 27.3 Å². The third-order valence-corrected chi connectivity index (χ3v) is 4.97. The topological polar surface area (TPSA) is 12.0 Å². The van der Waals surface area contributed by atoms with Gasteiger partial charge in [-0.05, 0) is 40.7 Å². The van der Waals surface area contributed by atoms with Gasteiger partial charge >= 0.3 is 0 Å². The third kappa shape index (κ3) is 6.58. The first-order chi connectivity index (χ1) is 8.24. The van der Waals surface area contributed by atoms with E-state index >= 15 is 0 Å². The smallest absolute Gasteiger partial charge is 0.0327 e. The molecule has 1 rings (SSSR count). The quantitative estimate of drug-likeness (QED) is 0.605. The normalized spacial score (nSPS) is 12.9. The van der Waals surface area contributed by atoms with Gasteiger partial charge in [0.05, 0.1) is 0 Å². The van der Waals surface area contributed by atoms with Crippen LogP contribution in [0.2, 0.25) is 0 Å². The zero-order valence-corrected chi connectivity index (χ0v) is 13.4. The number of unbranched alkanes of at least 4 members (excludes halogenated alkanes) is 4. The van der Waals surface area contributed by atoms with Crippen molar-refractivity contribution in [2.24, 2.45) is 0 Å². The first kappa shape index (κ1) is 15.2. The molecule has 0 radical (unpaired) electrons. The van der Waals surface area contributed by atoms with Crippen molar-refractivity contribution < 1.29 is 0 Å². The molecule has 0 aromatic carbocycles. The Kier molecular flexibility index (Phi) is 8.15. The molecular weight excluding hydrogens is 294 g/mol. The van der Waals surface area contributed by atoms with E-state index in [2.05, 4.69) is 46.5 Å². The maximum absolute atomic E-state index is 3.60. The van der Waals surface area contributed by atoms with Crippen LogP contribution in [0.5, 0.6) is 0 Å². The maximum Gasteiger partial charge on any atom is 0.0327 e. The molecule has 0 saturated carbocycles. The number of halogens is 1. The molecule has 0 fully saturated rings. The molecule has 1 aromatic rings. The molecule has 1 nitrogen and oxygen atoms in total. The fourth-order valence-corrected chi connectivity index (χ4v) is 3.32. The van der Waals surface area contributed by atoms with Gasteiger partial charge in [-0.1, -0.05) is 39.0 Å². The minimum Gasteiger partial charge on any atom is -0.309 e. The van der Waals surface area contributed by atoms with Crippen LogP contribution in [-0.4, -0.2) is 6.04 Å². The molecule has 0 aliphatic heterocycles. The average molecular weight is 318 g/mol. The summed E-state index contributed by atoms with van der Waals surface area (Å²) in [7, 11) is 0. The maximum atomic E-state index is 3.60. The van der Waals surface area contributed by atoms with E-state index in [1.165, 1.54) is 47.9 Å². The van der Waals surface area contributed by atoms with E-state index in [0.29, 0.717) is 6.04 Å². The highest BCUT2D eigenvalue weighted by molar-refractivity contribution is 9.10. The van der Waals surface area contributed by atoms with Gasteiger partial charge in [0.1, 0.15) is 0 Å².